The average Bonchev–Trinajstić information content (AvgIpc) is 3.07. The van der Waals surface area contributed by atoms with Crippen molar-refractivity contribution in [2.75, 3.05) is 19.8 Å². The van der Waals surface area contributed by atoms with E-state index < -0.39 is 0 Å². The van der Waals surface area contributed by atoms with Gasteiger partial charge in [0, 0.05) is 22.0 Å². The minimum atomic E-state index is -0.154. The van der Waals surface area contributed by atoms with E-state index in [0.717, 1.165) is 25.9 Å². The molecule has 1 saturated heterocycles. The molecule has 0 spiro atoms. The molecule has 0 radical (unpaired) electrons. The molecular weight excluding hydrogens is 304 g/mol. The van der Waals surface area contributed by atoms with E-state index in [9.17, 15) is 4.39 Å². The van der Waals surface area contributed by atoms with Gasteiger partial charge in [0.1, 0.15) is 0 Å². The number of hydrogen-bond acceptors (Lipinski definition) is 2. The van der Waals surface area contributed by atoms with Crippen molar-refractivity contribution in [1.82, 2.24) is 4.90 Å². The van der Waals surface area contributed by atoms with Crippen LogP contribution in [0.5, 0.6) is 0 Å². The molecule has 1 aliphatic carbocycles. The van der Waals surface area contributed by atoms with Gasteiger partial charge in [-0.1, -0.05) is 37.5 Å². The van der Waals surface area contributed by atoms with Crippen LogP contribution in [0, 0.1) is 5.92 Å². The zero-order chi connectivity index (χ0) is 15.7. The molecule has 2 fully saturated rings. The van der Waals surface area contributed by atoms with Crippen LogP contribution < -0.4 is 0 Å². The first-order valence-corrected chi connectivity index (χ1v) is 9.93. The van der Waals surface area contributed by atoms with E-state index in [-0.39, 0.29) is 18.1 Å². The smallest absolute Gasteiger partial charge is 0.0934 e. The van der Waals surface area contributed by atoms with E-state index >= 15 is 0 Å². The number of benzene rings is 1. The minimum absolute atomic E-state index is 0.154. The lowest BCUT2D eigenvalue weighted by atomic mass is 9.77. The normalized spacial score (nSPS) is 25.7. The molecule has 2 heterocycles. The second-order valence-electron chi connectivity index (χ2n) is 7.35. The second kappa shape index (κ2) is 6.52. The third-order valence-electron chi connectivity index (χ3n) is 5.91. The van der Waals surface area contributed by atoms with Gasteiger partial charge >= 0.3 is 0 Å². The maximum Gasteiger partial charge on any atom is 0.0934 e. The number of nitrogens with zero attached hydrogens (tertiary/aromatic N) is 1. The fraction of sp³-hybridized carbons (Fsp3) is 0.600. The Balaban J connectivity index is 1.73. The lowest BCUT2D eigenvalue weighted by Gasteiger charge is -2.49. The highest BCUT2D eigenvalue weighted by Gasteiger charge is 2.42. The van der Waals surface area contributed by atoms with E-state index in [1.165, 1.54) is 47.1 Å². The van der Waals surface area contributed by atoms with Crippen LogP contribution in [-0.4, -0.2) is 24.7 Å². The zero-order valence-corrected chi connectivity index (χ0v) is 14.6. The van der Waals surface area contributed by atoms with Crippen molar-refractivity contribution in [2.24, 2.45) is 5.92 Å². The monoisotopic (exact) mass is 330 g/mol. The van der Waals surface area contributed by atoms with Crippen LogP contribution >= 0.6 is 11.3 Å². The number of fused-ring (bicyclic) bond motifs is 1. The largest absolute Gasteiger partial charge is 0.292 e. The topological polar surface area (TPSA) is 3.24 Å². The lowest BCUT2D eigenvalue weighted by molar-refractivity contribution is 0.00893. The summed E-state index contributed by atoms with van der Waals surface area (Å²) in [6.45, 7) is 1.94. The first-order valence-electron chi connectivity index (χ1n) is 9.12. The predicted octanol–water partition coefficient (Wildman–Crippen LogP) is 5.74. The Kier molecular flexibility index (Phi) is 4.42. The number of likely N-dealkylation sites (tertiary alicyclic amines) is 1. The first kappa shape index (κ1) is 15.6. The third-order valence-corrected chi connectivity index (χ3v) is 7.22. The molecule has 1 saturated carbocycles. The molecule has 0 amide bonds. The van der Waals surface area contributed by atoms with Gasteiger partial charge in [0.05, 0.1) is 12.2 Å². The van der Waals surface area contributed by atoms with Crippen molar-refractivity contribution in [3.8, 4) is 0 Å². The molecule has 2 aromatic rings. The van der Waals surface area contributed by atoms with Crippen LogP contribution in [0.3, 0.4) is 0 Å². The molecular formula is C20H26FNS. The Morgan fingerprint density at radius 1 is 1.13 bits per heavy atom. The highest BCUT2D eigenvalue weighted by atomic mass is 32.1. The Morgan fingerprint density at radius 2 is 1.96 bits per heavy atom. The van der Waals surface area contributed by atoms with E-state index in [0.29, 0.717) is 0 Å². The van der Waals surface area contributed by atoms with E-state index in [1.807, 2.05) is 11.3 Å². The van der Waals surface area contributed by atoms with Crippen LogP contribution in [-0.2, 0) is 5.54 Å². The summed E-state index contributed by atoms with van der Waals surface area (Å²) >= 11 is 1.97. The van der Waals surface area contributed by atoms with Gasteiger partial charge in [0.25, 0.3) is 0 Å². The summed E-state index contributed by atoms with van der Waals surface area (Å²) < 4.78 is 14.7. The van der Waals surface area contributed by atoms with Crippen LogP contribution in [0.4, 0.5) is 4.39 Å². The molecule has 2 aliphatic rings. The van der Waals surface area contributed by atoms with Gasteiger partial charge < -0.3 is 0 Å². The molecule has 1 aromatic carbocycles. The second-order valence-corrected chi connectivity index (χ2v) is 8.43. The summed E-state index contributed by atoms with van der Waals surface area (Å²) in [4.78, 5) is 4.18. The maximum absolute atomic E-state index is 13.3. The highest BCUT2D eigenvalue weighted by molar-refractivity contribution is 7.19. The maximum atomic E-state index is 13.3. The van der Waals surface area contributed by atoms with Crippen LogP contribution in [0.15, 0.2) is 30.3 Å². The lowest BCUT2D eigenvalue weighted by Crippen LogP contribution is -2.51. The van der Waals surface area contributed by atoms with Crippen molar-refractivity contribution in [3.05, 3.63) is 35.2 Å². The molecule has 0 N–H and O–H groups in total. The van der Waals surface area contributed by atoms with Gasteiger partial charge in [-0.15, -0.1) is 11.3 Å². The van der Waals surface area contributed by atoms with Crippen molar-refractivity contribution in [2.45, 2.75) is 50.5 Å². The Bertz CT molecular complexity index is 625. The van der Waals surface area contributed by atoms with Gasteiger partial charge in [-0.05, 0) is 49.7 Å². The van der Waals surface area contributed by atoms with E-state index in [4.69, 9.17) is 0 Å². The Labute approximate surface area is 142 Å². The predicted molar refractivity (Wildman–Crippen MR) is 96.9 cm³/mol. The van der Waals surface area contributed by atoms with E-state index in [1.54, 1.807) is 0 Å². The summed E-state index contributed by atoms with van der Waals surface area (Å²) in [6, 6.07) is 11.2. The number of hydrogen-bond donors (Lipinski definition) is 0. The van der Waals surface area contributed by atoms with Gasteiger partial charge in [0.15, 0.2) is 0 Å². The minimum Gasteiger partial charge on any atom is -0.292 e. The summed E-state index contributed by atoms with van der Waals surface area (Å²) in [7, 11) is 0. The molecule has 23 heavy (non-hydrogen) atoms. The first-order chi connectivity index (χ1) is 11.3. The van der Waals surface area contributed by atoms with Crippen molar-refractivity contribution in [3.63, 3.8) is 0 Å². The Hall–Kier alpha value is -0.930. The molecule has 1 unspecified atom stereocenters. The van der Waals surface area contributed by atoms with Gasteiger partial charge in [-0.2, -0.15) is 0 Å². The summed E-state index contributed by atoms with van der Waals surface area (Å²) in [5, 5.41) is 1.37. The van der Waals surface area contributed by atoms with Gasteiger partial charge in [-0.3, -0.25) is 9.29 Å². The van der Waals surface area contributed by atoms with Crippen LogP contribution in [0.1, 0.15) is 49.8 Å². The Morgan fingerprint density at radius 3 is 2.74 bits per heavy atom. The fourth-order valence-corrected chi connectivity index (χ4v) is 5.98. The summed E-state index contributed by atoms with van der Waals surface area (Å²) in [5.41, 5.74) is 0.176. The SMILES string of the molecule is [18F]CC1CCCN(C2(c3cc4ccccc4s3)CCCCC2)C1. The number of thiophene rings is 1. The summed E-state index contributed by atoms with van der Waals surface area (Å²) in [6.07, 6.45) is 8.69. The number of halogens is 1. The quantitative estimate of drug-likeness (QED) is 0.693. The standard InChI is InChI=1S/C20H26FNS/c21-14-16-7-6-12-22(15-16)20(10-4-1-5-11-20)19-13-17-8-2-3-9-18(17)23-19/h2-3,8-9,13,16H,1,4-7,10-12,14-15H2/i21-1. The van der Waals surface area contributed by atoms with E-state index in [2.05, 4.69) is 35.2 Å². The molecule has 0 bridgehead atoms. The number of piperidine rings is 1. The average molecular weight is 331 g/mol. The van der Waals surface area contributed by atoms with Gasteiger partial charge in [0.2, 0.25) is 0 Å². The van der Waals surface area contributed by atoms with Crippen LogP contribution in [0.2, 0.25) is 0 Å². The van der Waals surface area contributed by atoms with Crippen molar-refractivity contribution in [1.29, 1.82) is 0 Å². The third kappa shape index (κ3) is 2.83. The van der Waals surface area contributed by atoms with Crippen LogP contribution in [0.25, 0.3) is 10.1 Å². The number of rotatable bonds is 3. The molecule has 1 atom stereocenters. The van der Waals surface area contributed by atoms with Gasteiger partial charge in [-0.25, -0.2) is 0 Å². The molecule has 4 rings (SSSR count). The van der Waals surface area contributed by atoms with Crippen molar-refractivity contribution >= 4 is 21.4 Å². The zero-order valence-electron chi connectivity index (χ0n) is 13.8. The molecule has 3 heteroatoms. The van der Waals surface area contributed by atoms with Crippen molar-refractivity contribution < 1.29 is 4.39 Å². The molecule has 1 nitrogen and oxygen atoms in total. The molecule has 124 valence electrons. The molecule has 1 aromatic heterocycles. The fourth-order valence-electron chi connectivity index (χ4n) is 4.65. The number of alkyl halides is 1. The highest BCUT2D eigenvalue weighted by Crippen LogP contribution is 2.47. The summed E-state index contributed by atoms with van der Waals surface area (Å²) in [5.74, 6) is 0.247. The molecule has 1 aliphatic heterocycles.